The number of carbonyl (C=O) groups excluding carboxylic acids is 2. The first kappa shape index (κ1) is 15.0. The van der Waals surface area contributed by atoms with Gasteiger partial charge in [-0.2, -0.15) is 0 Å². The van der Waals surface area contributed by atoms with Crippen molar-refractivity contribution in [2.45, 2.75) is 39.0 Å². The number of nitro benzene ring substituents is 1. The smallest absolute Gasteiger partial charge is 0.280 e. The van der Waals surface area contributed by atoms with E-state index in [1.807, 2.05) is 6.92 Å². The summed E-state index contributed by atoms with van der Waals surface area (Å²) in [6.07, 6.45) is 2.82. The molecule has 0 radical (unpaired) electrons. The zero-order chi connectivity index (χ0) is 14.3. The highest BCUT2D eigenvalue weighted by atomic mass is 16.6. The van der Waals surface area contributed by atoms with E-state index in [2.05, 4.69) is 0 Å². The summed E-state index contributed by atoms with van der Waals surface area (Å²) in [6, 6.07) is 5.72. The summed E-state index contributed by atoms with van der Waals surface area (Å²) >= 11 is 0. The average molecular weight is 263 g/mol. The van der Waals surface area contributed by atoms with E-state index >= 15 is 0 Å². The molecule has 0 fully saturated rings. The van der Waals surface area contributed by atoms with Gasteiger partial charge in [0, 0.05) is 12.5 Å². The highest BCUT2D eigenvalue weighted by Crippen LogP contribution is 2.19. The lowest BCUT2D eigenvalue weighted by Gasteiger charge is -2.02. The average Bonchev–Trinajstić information content (AvgIpc) is 2.39. The van der Waals surface area contributed by atoms with Gasteiger partial charge in [0.15, 0.2) is 5.78 Å². The first-order chi connectivity index (χ1) is 9.06. The summed E-state index contributed by atoms with van der Waals surface area (Å²) in [7, 11) is 0. The van der Waals surface area contributed by atoms with Crippen LogP contribution in [0.15, 0.2) is 24.3 Å². The van der Waals surface area contributed by atoms with E-state index in [-0.39, 0.29) is 23.5 Å². The summed E-state index contributed by atoms with van der Waals surface area (Å²) in [4.78, 5) is 33.7. The molecule has 0 spiro atoms. The van der Waals surface area contributed by atoms with Crippen LogP contribution < -0.4 is 0 Å². The Morgan fingerprint density at radius 1 is 1.21 bits per heavy atom. The monoisotopic (exact) mass is 263 g/mol. The number of para-hydroxylation sites is 1. The molecule has 5 heteroatoms. The van der Waals surface area contributed by atoms with Gasteiger partial charge in [-0.15, -0.1) is 0 Å². The summed E-state index contributed by atoms with van der Waals surface area (Å²) in [5.74, 6) is -0.634. The van der Waals surface area contributed by atoms with Crippen molar-refractivity contribution in [1.29, 1.82) is 0 Å². The van der Waals surface area contributed by atoms with E-state index in [1.165, 1.54) is 18.2 Å². The Labute approximate surface area is 111 Å². The SMILES string of the molecule is CCCCCC(=O)CC(=O)c1ccccc1[N+](=O)[O-]. The zero-order valence-corrected chi connectivity index (χ0v) is 10.9. The molecule has 5 nitrogen and oxygen atoms in total. The minimum atomic E-state index is -0.602. The van der Waals surface area contributed by atoms with Gasteiger partial charge in [-0.1, -0.05) is 31.9 Å². The minimum absolute atomic E-state index is 0.0105. The summed E-state index contributed by atoms with van der Waals surface area (Å²) in [5.41, 5.74) is -0.231. The second-order valence-corrected chi connectivity index (χ2v) is 4.37. The minimum Gasteiger partial charge on any atom is -0.299 e. The molecule has 1 aromatic carbocycles. The number of nitrogens with zero attached hydrogens (tertiary/aromatic N) is 1. The number of benzene rings is 1. The van der Waals surface area contributed by atoms with Crippen LogP contribution in [0.2, 0.25) is 0 Å². The summed E-state index contributed by atoms with van der Waals surface area (Å²) in [5, 5.41) is 10.8. The van der Waals surface area contributed by atoms with Crippen LogP contribution in [0.25, 0.3) is 0 Å². The largest absolute Gasteiger partial charge is 0.299 e. The van der Waals surface area contributed by atoms with E-state index in [1.54, 1.807) is 6.07 Å². The van der Waals surface area contributed by atoms with Crippen molar-refractivity contribution in [3.63, 3.8) is 0 Å². The van der Waals surface area contributed by atoms with Gasteiger partial charge < -0.3 is 0 Å². The molecule has 0 aliphatic carbocycles. The molecular formula is C14H17NO4. The van der Waals surface area contributed by atoms with Crippen molar-refractivity contribution in [1.82, 2.24) is 0 Å². The molecule has 0 aliphatic heterocycles. The van der Waals surface area contributed by atoms with Crippen molar-refractivity contribution in [2.75, 3.05) is 0 Å². The van der Waals surface area contributed by atoms with Crippen molar-refractivity contribution < 1.29 is 14.5 Å². The number of nitro groups is 1. The third kappa shape index (κ3) is 4.62. The summed E-state index contributed by atoms with van der Waals surface area (Å²) < 4.78 is 0. The van der Waals surface area contributed by atoms with Crippen LogP contribution in [0, 0.1) is 10.1 Å². The van der Waals surface area contributed by atoms with Crippen LogP contribution in [-0.4, -0.2) is 16.5 Å². The van der Waals surface area contributed by atoms with E-state index in [4.69, 9.17) is 0 Å². The van der Waals surface area contributed by atoms with Gasteiger partial charge in [0.1, 0.15) is 5.78 Å². The van der Waals surface area contributed by atoms with Gasteiger partial charge in [-0.25, -0.2) is 0 Å². The molecule has 0 aromatic heterocycles. The number of hydrogen-bond acceptors (Lipinski definition) is 4. The van der Waals surface area contributed by atoms with Crippen LogP contribution in [0.1, 0.15) is 49.4 Å². The fourth-order valence-corrected chi connectivity index (χ4v) is 1.80. The molecule has 0 heterocycles. The van der Waals surface area contributed by atoms with Gasteiger partial charge in [0.2, 0.25) is 0 Å². The van der Waals surface area contributed by atoms with E-state index < -0.39 is 10.7 Å². The van der Waals surface area contributed by atoms with E-state index in [0.717, 1.165) is 19.3 Å². The van der Waals surface area contributed by atoms with Crippen molar-refractivity contribution in [2.24, 2.45) is 0 Å². The third-order valence-corrected chi connectivity index (χ3v) is 2.82. The second kappa shape index (κ2) is 7.41. The standard InChI is InChI=1S/C14H17NO4/c1-2-3-4-7-11(16)10-14(17)12-8-5-6-9-13(12)15(18)19/h5-6,8-9H,2-4,7,10H2,1H3. The molecule has 102 valence electrons. The Balaban J connectivity index is 2.68. The molecule has 1 rings (SSSR count). The van der Waals surface area contributed by atoms with E-state index in [9.17, 15) is 19.7 Å². The predicted octanol–water partition coefficient (Wildman–Crippen LogP) is 3.32. The topological polar surface area (TPSA) is 77.3 Å². The highest BCUT2D eigenvalue weighted by molar-refractivity contribution is 6.09. The number of ketones is 2. The number of hydrogen-bond donors (Lipinski definition) is 0. The molecular weight excluding hydrogens is 246 g/mol. The highest BCUT2D eigenvalue weighted by Gasteiger charge is 2.20. The van der Waals surface area contributed by atoms with Gasteiger partial charge in [-0.05, 0) is 12.5 Å². The molecule has 0 aliphatic rings. The lowest BCUT2D eigenvalue weighted by Crippen LogP contribution is -2.10. The van der Waals surface area contributed by atoms with Crippen LogP contribution >= 0.6 is 0 Å². The predicted molar refractivity (Wildman–Crippen MR) is 71.2 cm³/mol. The Kier molecular flexibility index (Phi) is 5.85. The van der Waals surface area contributed by atoms with Crippen LogP contribution in [0.5, 0.6) is 0 Å². The van der Waals surface area contributed by atoms with E-state index in [0.29, 0.717) is 6.42 Å². The molecule has 0 amide bonds. The van der Waals surface area contributed by atoms with Gasteiger partial charge >= 0.3 is 0 Å². The second-order valence-electron chi connectivity index (χ2n) is 4.37. The van der Waals surface area contributed by atoms with Crippen molar-refractivity contribution in [3.8, 4) is 0 Å². The number of carbonyl (C=O) groups is 2. The lowest BCUT2D eigenvalue weighted by atomic mass is 10.0. The fourth-order valence-electron chi connectivity index (χ4n) is 1.80. The van der Waals surface area contributed by atoms with Gasteiger partial charge in [0.25, 0.3) is 5.69 Å². The first-order valence-electron chi connectivity index (χ1n) is 6.34. The molecule has 0 saturated heterocycles. The normalized spacial score (nSPS) is 10.2. The third-order valence-electron chi connectivity index (χ3n) is 2.82. The summed E-state index contributed by atoms with van der Waals surface area (Å²) in [6.45, 7) is 2.03. The van der Waals surface area contributed by atoms with Gasteiger partial charge in [-0.3, -0.25) is 19.7 Å². The van der Waals surface area contributed by atoms with Crippen molar-refractivity contribution >= 4 is 17.3 Å². The molecule has 1 aromatic rings. The maximum absolute atomic E-state index is 11.9. The zero-order valence-electron chi connectivity index (χ0n) is 10.9. The number of Topliss-reactive ketones (excluding diaryl/α,β-unsaturated/α-hetero) is 2. The van der Waals surface area contributed by atoms with Crippen LogP contribution in [0.4, 0.5) is 5.69 Å². The molecule has 0 saturated carbocycles. The van der Waals surface area contributed by atoms with Crippen LogP contribution in [-0.2, 0) is 4.79 Å². The first-order valence-corrected chi connectivity index (χ1v) is 6.34. The lowest BCUT2D eigenvalue weighted by molar-refractivity contribution is -0.385. The van der Waals surface area contributed by atoms with Crippen LogP contribution in [0.3, 0.4) is 0 Å². The fraction of sp³-hybridized carbons (Fsp3) is 0.429. The maximum atomic E-state index is 11.9. The Morgan fingerprint density at radius 3 is 2.53 bits per heavy atom. The maximum Gasteiger partial charge on any atom is 0.280 e. The Bertz CT molecular complexity index is 482. The molecule has 0 N–H and O–H groups in total. The van der Waals surface area contributed by atoms with Gasteiger partial charge in [0.05, 0.1) is 16.9 Å². The number of unbranched alkanes of at least 4 members (excludes halogenated alkanes) is 2. The molecule has 0 unspecified atom stereocenters. The molecule has 0 bridgehead atoms. The van der Waals surface area contributed by atoms with Crippen molar-refractivity contribution in [3.05, 3.63) is 39.9 Å². The Hall–Kier alpha value is -2.04. The molecule has 19 heavy (non-hydrogen) atoms. The molecule has 0 atom stereocenters. The quantitative estimate of drug-likeness (QED) is 0.237. The number of rotatable bonds is 8. The Morgan fingerprint density at radius 2 is 1.89 bits per heavy atom.